The maximum Gasteiger partial charge on any atom is 0.294 e. The molecule has 0 saturated carbocycles. The van der Waals surface area contributed by atoms with Crippen molar-refractivity contribution in [1.82, 2.24) is 10.2 Å². The van der Waals surface area contributed by atoms with Crippen molar-refractivity contribution in [3.05, 3.63) is 27.3 Å². The highest BCUT2D eigenvalue weighted by Crippen LogP contribution is 2.32. The van der Waals surface area contributed by atoms with Gasteiger partial charge in [-0.05, 0) is 35.7 Å². The Kier molecular flexibility index (Phi) is 5.58. The van der Waals surface area contributed by atoms with Crippen molar-refractivity contribution >= 4 is 46.2 Å². The monoisotopic (exact) mass is 324 g/mol. The van der Waals surface area contributed by atoms with Gasteiger partial charge in [-0.25, -0.2) is 0 Å². The van der Waals surface area contributed by atoms with Crippen LogP contribution in [0, 0.1) is 0 Å². The van der Waals surface area contributed by atoms with Crippen LogP contribution < -0.4 is 5.32 Å². The van der Waals surface area contributed by atoms with Crippen molar-refractivity contribution in [3.8, 4) is 0 Å². The summed E-state index contributed by atoms with van der Waals surface area (Å²) in [6.45, 7) is 2.38. The van der Waals surface area contributed by atoms with Gasteiger partial charge in [0.05, 0.1) is 4.91 Å². The fourth-order valence-electron chi connectivity index (χ4n) is 1.74. The maximum atomic E-state index is 12.1. The number of thioether (sulfide) groups is 1. The molecule has 0 radical (unpaired) electrons. The zero-order valence-corrected chi connectivity index (χ0v) is 13.3. The van der Waals surface area contributed by atoms with Crippen molar-refractivity contribution in [2.45, 2.75) is 19.8 Å². The highest BCUT2D eigenvalue weighted by atomic mass is 32.2. The summed E-state index contributed by atoms with van der Waals surface area (Å²) in [7, 11) is 0. The van der Waals surface area contributed by atoms with Gasteiger partial charge in [0.2, 0.25) is 5.91 Å². The van der Waals surface area contributed by atoms with Gasteiger partial charge in [0, 0.05) is 11.4 Å². The van der Waals surface area contributed by atoms with Crippen LogP contribution in [0.2, 0.25) is 0 Å². The van der Waals surface area contributed by atoms with E-state index < -0.39 is 11.1 Å². The Morgan fingerprint density at radius 3 is 2.90 bits per heavy atom. The molecular formula is C14H16N2O3S2. The van der Waals surface area contributed by atoms with Crippen LogP contribution in [0.25, 0.3) is 6.08 Å². The van der Waals surface area contributed by atoms with Crippen LogP contribution in [0.4, 0.5) is 4.79 Å². The lowest BCUT2D eigenvalue weighted by Gasteiger charge is -2.12. The molecule has 2 rings (SSSR count). The zero-order chi connectivity index (χ0) is 15.2. The van der Waals surface area contributed by atoms with E-state index in [0.717, 1.165) is 34.4 Å². The van der Waals surface area contributed by atoms with Gasteiger partial charge in [0.1, 0.15) is 6.54 Å². The Morgan fingerprint density at radius 2 is 2.24 bits per heavy atom. The molecule has 0 aliphatic carbocycles. The van der Waals surface area contributed by atoms with E-state index in [4.69, 9.17) is 0 Å². The third-order valence-corrected chi connectivity index (χ3v) is 4.57. The molecule has 0 bridgehead atoms. The second kappa shape index (κ2) is 7.42. The number of amides is 3. The molecule has 112 valence electrons. The average molecular weight is 324 g/mol. The summed E-state index contributed by atoms with van der Waals surface area (Å²) in [4.78, 5) is 38.0. The molecule has 21 heavy (non-hydrogen) atoms. The number of carbonyl (C=O) groups excluding carboxylic acids is 3. The highest BCUT2D eigenvalue weighted by molar-refractivity contribution is 8.18. The first-order valence-corrected chi connectivity index (χ1v) is 8.37. The molecule has 0 unspecified atom stereocenters. The SMILES string of the molecule is CCCCNC(=O)CN1C(=O)S/C(=C\c2cccs2)C1=O. The van der Waals surface area contributed by atoms with E-state index in [-0.39, 0.29) is 12.5 Å². The highest BCUT2D eigenvalue weighted by Gasteiger charge is 2.36. The van der Waals surface area contributed by atoms with Crippen molar-refractivity contribution in [2.24, 2.45) is 0 Å². The molecule has 1 aliphatic rings. The van der Waals surface area contributed by atoms with Gasteiger partial charge >= 0.3 is 0 Å². The summed E-state index contributed by atoms with van der Waals surface area (Å²) in [6, 6.07) is 3.75. The molecule has 2 heterocycles. The number of rotatable bonds is 6. The lowest BCUT2D eigenvalue weighted by Crippen LogP contribution is -2.39. The largest absolute Gasteiger partial charge is 0.355 e. The normalized spacial score (nSPS) is 16.8. The van der Waals surface area contributed by atoms with Crippen molar-refractivity contribution in [2.75, 3.05) is 13.1 Å². The van der Waals surface area contributed by atoms with E-state index in [0.29, 0.717) is 11.4 Å². The van der Waals surface area contributed by atoms with Crippen LogP contribution in [0.1, 0.15) is 24.6 Å². The number of nitrogens with one attached hydrogen (secondary N) is 1. The number of hydrogen-bond donors (Lipinski definition) is 1. The van der Waals surface area contributed by atoms with E-state index in [2.05, 4.69) is 5.32 Å². The fourth-order valence-corrected chi connectivity index (χ4v) is 3.30. The van der Waals surface area contributed by atoms with Crippen LogP contribution in [0.3, 0.4) is 0 Å². The summed E-state index contributed by atoms with van der Waals surface area (Å²) < 4.78 is 0. The molecule has 5 nitrogen and oxygen atoms in total. The number of unbranched alkanes of at least 4 members (excludes halogenated alkanes) is 1. The standard InChI is InChI=1S/C14H16N2O3S2/c1-2-3-6-15-12(17)9-16-13(18)11(21-14(16)19)8-10-5-4-7-20-10/h4-5,7-8H,2-3,6,9H2,1H3,(H,15,17)/b11-8-. The molecule has 1 saturated heterocycles. The molecule has 0 aromatic carbocycles. The number of nitrogens with zero attached hydrogens (tertiary/aromatic N) is 1. The minimum atomic E-state index is -0.399. The van der Waals surface area contributed by atoms with Gasteiger partial charge < -0.3 is 5.32 Å². The second-order valence-corrected chi connectivity index (χ2v) is 6.46. The average Bonchev–Trinajstić information content (AvgIpc) is 3.04. The lowest BCUT2D eigenvalue weighted by molar-refractivity contribution is -0.129. The quantitative estimate of drug-likeness (QED) is 0.645. The van der Waals surface area contributed by atoms with Gasteiger partial charge in [-0.15, -0.1) is 11.3 Å². The Bertz CT molecular complexity index is 567. The summed E-state index contributed by atoms with van der Waals surface area (Å²) in [5, 5.41) is 4.21. The summed E-state index contributed by atoms with van der Waals surface area (Å²) in [6.07, 6.45) is 3.54. The van der Waals surface area contributed by atoms with E-state index in [1.54, 1.807) is 6.08 Å². The van der Waals surface area contributed by atoms with E-state index in [1.807, 2.05) is 24.4 Å². The predicted molar refractivity (Wildman–Crippen MR) is 84.9 cm³/mol. The van der Waals surface area contributed by atoms with Crippen LogP contribution in [-0.2, 0) is 9.59 Å². The Labute approximate surface area is 131 Å². The molecule has 7 heteroatoms. The minimum absolute atomic E-state index is 0.212. The van der Waals surface area contributed by atoms with Gasteiger partial charge in [-0.3, -0.25) is 19.3 Å². The summed E-state index contributed by atoms with van der Waals surface area (Å²) in [5.41, 5.74) is 0. The molecule has 1 aromatic heterocycles. The predicted octanol–water partition coefficient (Wildman–Crippen LogP) is 2.70. The zero-order valence-electron chi connectivity index (χ0n) is 11.6. The van der Waals surface area contributed by atoms with Crippen molar-refractivity contribution in [1.29, 1.82) is 0 Å². The molecule has 1 fully saturated rings. The molecule has 0 spiro atoms. The third-order valence-electron chi connectivity index (χ3n) is 2.84. The third kappa shape index (κ3) is 4.18. The molecule has 3 amide bonds. The maximum absolute atomic E-state index is 12.1. The Balaban J connectivity index is 1.97. The second-order valence-electron chi connectivity index (χ2n) is 4.49. The minimum Gasteiger partial charge on any atom is -0.355 e. The van der Waals surface area contributed by atoms with Crippen LogP contribution in [0.5, 0.6) is 0 Å². The Hall–Kier alpha value is -1.60. The fraction of sp³-hybridized carbons (Fsp3) is 0.357. The van der Waals surface area contributed by atoms with E-state index in [1.165, 1.54) is 11.3 Å². The number of hydrogen-bond acceptors (Lipinski definition) is 5. The van der Waals surface area contributed by atoms with E-state index >= 15 is 0 Å². The van der Waals surface area contributed by atoms with Gasteiger partial charge in [0.25, 0.3) is 11.1 Å². The van der Waals surface area contributed by atoms with Crippen molar-refractivity contribution in [3.63, 3.8) is 0 Å². The Morgan fingerprint density at radius 1 is 1.43 bits per heavy atom. The molecule has 1 N–H and O–H groups in total. The summed E-state index contributed by atoms with van der Waals surface area (Å²) in [5.74, 6) is -0.702. The topological polar surface area (TPSA) is 66.5 Å². The number of carbonyl (C=O) groups is 3. The lowest BCUT2D eigenvalue weighted by atomic mass is 10.3. The summed E-state index contributed by atoms with van der Waals surface area (Å²) >= 11 is 2.37. The van der Waals surface area contributed by atoms with Crippen molar-refractivity contribution < 1.29 is 14.4 Å². The van der Waals surface area contributed by atoms with E-state index in [9.17, 15) is 14.4 Å². The van der Waals surface area contributed by atoms with Gasteiger partial charge in [0.15, 0.2) is 0 Å². The van der Waals surface area contributed by atoms with Crippen LogP contribution >= 0.6 is 23.1 Å². The molecular weight excluding hydrogens is 308 g/mol. The molecule has 1 aliphatic heterocycles. The van der Waals surface area contributed by atoms with Crippen LogP contribution in [0.15, 0.2) is 22.4 Å². The smallest absolute Gasteiger partial charge is 0.294 e. The molecule has 1 aromatic rings. The van der Waals surface area contributed by atoms with Gasteiger partial charge in [-0.1, -0.05) is 19.4 Å². The first-order chi connectivity index (χ1) is 10.1. The number of thiophene rings is 1. The first-order valence-electron chi connectivity index (χ1n) is 6.67. The molecule has 0 atom stereocenters. The first kappa shape index (κ1) is 15.8. The number of imide groups is 1. The van der Waals surface area contributed by atoms with Gasteiger partial charge in [-0.2, -0.15) is 0 Å². The van der Waals surface area contributed by atoms with Crippen LogP contribution in [-0.4, -0.2) is 35.0 Å².